The van der Waals surface area contributed by atoms with E-state index in [1.54, 1.807) is 0 Å². The average Bonchev–Trinajstić information content (AvgIpc) is 2.20. The van der Waals surface area contributed by atoms with Crippen molar-refractivity contribution in [1.29, 1.82) is 0 Å². The minimum atomic E-state index is -0.0898. The second-order valence-electron chi connectivity index (χ2n) is 6.06. The van der Waals surface area contributed by atoms with Gasteiger partial charge < -0.3 is 5.11 Å². The Morgan fingerprint density at radius 1 is 0.786 bits per heavy atom. The third kappa shape index (κ3) is 1.32. The van der Waals surface area contributed by atoms with Gasteiger partial charge in [0.15, 0.2) is 0 Å². The van der Waals surface area contributed by atoms with Gasteiger partial charge in [-0.15, -0.1) is 0 Å². The van der Waals surface area contributed by atoms with Crippen molar-refractivity contribution in [3.63, 3.8) is 0 Å². The fourth-order valence-corrected chi connectivity index (χ4v) is 3.74. The van der Waals surface area contributed by atoms with Crippen molar-refractivity contribution in [3.05, 3.63) is 0 Å². The van der Waals surface area contributed by atoms with Crippen LogP contribution in [-0.2, 0) is 0 Å². The van der Waals surface area contributed by atoms with Crippen LogP contribution in [0.25, 0.3) is 0 Å². The van der Waals surface area contributed by atoms with Crippen molar-refractivity contribution in [2.24, 2.45) is 16.7 Å². The summed E-state index contributed by atoms with van der Waals surface area (Å²) >= 11 is 0. The van der Waals surface area contributed by atoms with Gasteiger partial charge >= 0.3 is 0 Å². The van der Waals surface area contributed by atoms with Crippen molar-refractivity contribution in [2.75, 3.05) is 0 Å². The lowest BCUT2D eigenvalue weighted by Gasteiger charge is -2.56. The predicted molar refractivity (Wildman–Crippen MR) is 59.1 cm³/mol. The Balaban J connectivity index is 2.13. The van der Waals surface area contributed by atoms with E-state index in [9.17, 15) is 5.11 Å². The van der Waals surface area contributed by atoms with Crippen LogP contribution in [0.5, 0.6) is 0 Å². The molecule has 2 bridgehead atoms. The quantitative estimate of drug-likeness (QED) is 0.718. The van der Waals surface area contributed by atoms with Crippen molar-refractivity contribution >= 4 is 0 Å². The molecule has 3 saturated carbocycles. The van der Waals surface area contributed by atoms with E-state index < -0.39 is 0 Å². The van der Waals surface area contributed by atoms with Gasteiger partial charge in [-0.25, -0.2) is 0 Å². The summed E-state index contributed by atoms with van der Waals surface area (Å²) < 4.78 is 0. The van der Waals surface area contributed by atoms with Gasteiger partial charge in [-0.2, -0.15) is 0 Å². The first kappa shape index (κ1) is 10.5. The molecule has 3 fully saturated rings. The molecule has 0 spiro atoms. The first-order valence-corrected chi connectivity index (χ1v) is 6.19. The van der Waals surface area contributed by atoms with Crippen molar-refractivity contribution in [1.82, 2.24) is 0 Å². The second-order valence-corrected chi connectivity index (χ2v) is 6.06. The van der Waals surface area contributed by atoms with E-state index in [4.69, 9.17) is 0 Å². The normalized spacial score (nSPS) is 44.4. The second kappa shape index (κ2) is 3.23. The van der Waals surface area contributed by atoms with Crippen LogP contribution in [0.15, 0.2) is 0 Å². The third-order valence-corrected chi connectivity index (χ3v) is 5.47. The zero-order valence-corrected chi connectivity index (χ0v) is 9.84. The molecule has 3 aliphatic rings. The molecule has 1 atom stereocenters. The standard InChI is InChI=1S/C13H24O/c1-10(2)12-4-7-13(8-5-12,9-6-12)11(3)14/h10-11,14H,4-9H2,1-3H3. The number of aliphatic hydroxyl groups excluding tert-OH is 1. The van der Waals surface area contributed by atoms with Crippen LogP contribution in [0.3, 0.4) is 0 Å². The van der Waals surface area contributed by atoms with Gasteiger partial charge in [0.25, 0.3) is 0 Å². The van der Waals surface area contributed by atoms with E-state index in [0.717, 1.165) is 5.92 Å². The molecule has 82 valence electrons. The Hall–Kier alpha value is -0.0400. The zero-order valence-electron chi connectivity index (χ0n) is 9.84. The molecule has 14 heavy (non-hydrogen) atoms. The number of hydrogen-bond acceptors (Lipinski definition) is 1. The highest BCUT2D eigenvalue weighted by molar-refractivity contribution is 5.02. The minimum absolute atomic E-state index is 0.0898. The summed E-state index contributed by atoms with van der Waals surface area (Å²) in [4.78, 5) is 0. The summed E-state index contributed by atoms with van der Waals surface area (Å²) in [7, 11) is 0. The lowest BCUT2D eigenvalue weighted by molar-refractivity contribution is -0.0969. The van der Waals surface area contributed by atoms with Crippen LogP contribution in [-0.4, -0.2) is 11.2 Å². The van der Waals surface area contributed by atoms with Gasteiger partial charge in [0.1, 0.15) is 0 Å². The van der Waals surface area contributed by atoms with Crippen molar-refractivity contribution in [2.45, 2.75) is 65.4 Å². The van der Waals surface area contributed by atoms with Crippen LogP contribution in [0.1, 0.15) is 59.3 Å². The maximum Gasteiger partial charge on any atom is 0.0568 e. The van der Waals surface area contributed by atoms with Crippen LogP contribution in [0, 0.1) is 16.7 Å². The summed E-state index contributed by atoms with van der Waals surface area (Å²) in [6, 6.07) is 0. The summed E-state index contributed by atoms with van der Waals surface area (Å²) in [5.41, 5.74) is 0.938. The fraction of sp³-hybridized carbons (Fsp3) is 1.00. The molecule has 0 heterocycles. The van der Waals surface area contributed by atoms with Crippen LogP contribution in [0.2, 0.25) is 0 Å². The van der Waals surface area contributed by atoms with E-state index in [1.165, 1.54) is 38.5 Å². The minimum Gasteiger partial charge on any atom is -0.393 e. The fourth-order valence-electron chi connectivity index (χ4n) is 3.74. The van der Waals surface area contributed by atoms with E-state index in [1.807, 2.05) is 6.92 Å². The molecule has 0 aromatic heterocycles. The third-order valence-electron chi connectivity index (χ3n) is 5.47. The Bertz CT molecular complexity index is 169. The van der Waals surface area contributed by atoms with Crippen LogP contribution in [0.4, 0.5) is 0 Å². The average molecular weight is 196 g/mol. The highest BCUT2D eigenvalue weighted by Gasteiger charge is 2.51. The highest BCUT2D eigenvalue weighted by Crippen LogP contribution is 2.60. The van der Waals surface area contributed by atoms with Gasteiger partial charge in [-0.05, 0) is 62.2 Å². The van der Waals surface area contributed by atoms with Crippen molar-refractivity contribution in [3.8, 4) is 0 Å². The molecule has 0 aromatic rings. The molecular formula is C13H24O. The van der Waals surface area contributed by atoms with Crippen LogP contribution < -0.4 is 0 Å². The molecular weight excluding hydrogens is 172 g/mol. The molecule has 0 aliphatic heterocycles. The highest BCUT2D eigenvalue weighted by atomic mass is 16.3. The Kier molecular flexibility index (Phi) is 2.42. The molecule has 0 radical (unpaired) electrons. The first-order chi connectivity index (χ1) is 6.51. The van der Waals surface area contributed by atoms with Gasteiger partial charge in [0.2, 0.25) is 0 Å². The first-order valence-electron chi connectivity index (χ1n) is 6.19. The predicted octanol–water partition coefficient (Wildman–Crippen LogP) is 3.36. The SMILES string of the molecule is CC(C)C12CCC(C(C)O)(CC1)CC2. The number of aliphatic hydroxyl groups is 1. The molecule has 3 rings (SSSR count). The maximum absolute atomic E-state index is 9.87. The van der Waals surface area contributed by atoms with Gasteiger partial charge in [-0.3, -0.25) is 0 Å². The van der Waals surface area contributed by atoms with Gasteiger partial charge in [-0.1, -0.05) is 13.8 Å². The number of fused-ring (bicyclic) bond motifs is 3. The monoisotopic (exact) mass is 196 g/mol. The largest absolute Gasteiger partial charge is 0.393 e. The topological polar surface area (TPSA) is 20.2 Å². The zero-order chi connectivity index (χ0) is 10.4. The molecule has 1 N–H and O–H groups in total. The Morgan fingerprint density at radius 3 is 1.43 bits per heavy atom. The molecule has 3 aliphatic carbocycles. The summed E-state index contributed by atoms with van der Waals surface area (Å²) in [6.07, 6.45) is 7.78. The summed E-state index contributed by atoms with van der Waals surface area (Å²) in [6.45, 7) is 6.75. The number of hydrogen-bond donors (Lipinski definition) is 1. The van der Waals surface area contributed by atoms with E-state index in [-0.39, 0.29) is 6.10 Å². The summed E-state index contributed by atoms with van der Waals surface area (Å²) in [5.74, 6) is 0.829. The Morgan fingerprint density at radius 2 is 1.14 bits per heavy atom. The lowest BCUT2D eigenvalue weighted by Crippen LogP contribution is -2.48. The molecule has 0 saturated heterocycles. The van der Waals surface area contributed by atoms with Crippen molar-refractivity contribution < 1.29 is 5.11 Å². The molecule has 0 aromatic carbocycles. The molecule has 1 heteroatoms. The van der Waals surface area contributed by atoms with Gasteiger partial charge in [0, 0.05) is 0 Å². The van der Waals surface area contributed by atoms with Crippen LogP contribution >= 0.6 is 0 Å². The van der Waals surface area contributed by atoms with E-state index >= 15 is 0 Å². The molecule has 0 amide bonds. The smallest absolute Gasteiger partial charge is 0.0568 e. The van der Waals surface area contributed by atoms with E-state index in [2.05, 4.69) is 13.8 Å². The summed E-state index contributed by atoms with van der Waals surface area (Å²) in [5, 5.41) is 9.87. The van der Waals surface area contributed by atoms with E-state index in [0.29, 0.717) is 10.8 Å². The van der Waals surface area contributed by atoms with Gasteiger partial charge in [0.05, 0.1) is 6.10 Å². The molecule has 1 nitrogen and oxygen atoms in total. The lowest BCUT2D eigenvalue weighted by atomic mass is 9.49. The maximum atomic E-state index is 9.87. The number of rotatable bonds is 2. The Labute approximate surface area is 87.9 Å². The molecule has 1 unspecified atom stereocenters.